The van der Waals surface area contributed by atoms with Gasteiger partial charge in [0.05, 0.1) is 49.6 Å². The van der Waals surface area contributed by atoms with Crippen LogP contribution >= 0.6 is 7.60 Å². The first-order valence-electron chi connectivity index (χ1n) is 13.6. The Morgan fingerprint density at radius 3 is 2.12 bits per heavy atom. The lowest BCUT2D eigenvalue weighted by atomic mass is 9.86. The number of hydrogen-bond acceptors (Lipinski definition) is 10. The summed E-state index contributed by atoms with van der Waals surface area (Å²) in [5.74, 6) is -2.64. The van der Waals surface area contributed by atoms with Crippen LogP contribution in [0.15, 0.2) is 48.5 Å². The Morgan fingerprint density at radius 2 is 1.58 bits per heavy atom. The van der Waals surface area contributed by atoms with E-state index in [0.29, 0.717) is 22.6 Å². The van der Waals surface area contributed by atoms with Crippen LogP contribution in [-0.2, 0) is 23.5 Å². The zero-order valence-electron chi connectivity index (χ0n) is 23.6. The number of aliphatic carboxylic acids is 1. The Bertz CT molecular complexity index is 1360. The lowest BCUT2D eigenvalue weighted by Crippen LogP contribution is -2.56. The van der Waals surface area contributed by atoms with Gasteiger partial charge in [-0.25, -0.2) is 4.79 Å². The number of ether oxygens (including phenoxy) is 1. The highest BCUT2D eigenvalue weighted by Crippen LogP contribution is 2.45. The normalized spacial score (nSPS) is 24.5. The van der Waals surface area contributed by atoms with Gasteiger partial charge in [-0.1, -0.05) is 36.4 Å². The number of fused-ring (bicyclic) bond motifs is 2. The van der Waals surface area contributed by atoms with Gasteiger partial charge < -0.3 is 45.2 Å². The SMILES string of the molecule is CC(=O)NC[C@@H]1[C@@H](O)[C@H](O)[C@@H](CO)N1CCP(=O)(O)OCC(C)(NC(=O)C1c2ccccc2Oc2ccccc21)C(=O)O. The standard InChI is InChI=1S/C28H36N3O11P/c1-16(33)29-13-19-24(34)25(35)20(14-32)31(19)11-12-43(39,40)41-15-28(2,27(37)38)30-26(36)23-17-7-3-5-9-21(17)42-22-10-6-4-8-18(22)23/h3-10,19-20,23-25,32,34-35H,11-15H2,1-2H3,(H,29,33)(H,30,36)(H,37,38)(H,39,40)/t19-,20-,24-,25-,28?/m1/s1. The average molecular weight is 622 g/mol. The highest BCUT2D eigenvalue weighted by atomic mass is 31.2. The third kappa shape index (κ3) is 7.07. The van der Waals surface area contributed by atoms with Crippen LogP contribution in [0.3, 0.4) is 0 Å². The Hall–Kier alpha value is -3.36. The number of para-hydroxylation sites is 2. The van der Waals surface area contributed by atoms with E-state index in [-0.39, 0.29) is 13.1 Å². The molecule has 1 saturated heterocycles. The maximum absolute atomic E-state index is 13.6. The van der Waals surface area contributed by atoms with Crippen LogP contribution in [0.5, 0.6) is 11.5 Å². The van der Waals surface area contributed by atoms with Gasteiger partial charge in [0, 0.05) is 31.1 Å². The molecule has 43 heavy (non-hydrogen) atoms. The third-order valence-electron chi connectivity index (χ3n) is 7.75. The molecule has 7 N–H and O–H groups in total. The van der Waals surface area contributed by atoms with Gasteiger partial charge in [0.25, 0.3) is 0 Å². The van der Waals surface area contributed by atoms with Crippen molar-refractivity contribution in [3.8, 4) is 11.5 Å². The molecule has 2 aromatic carbocycles. The van der Waals surface area contributed by atoms with Gasteiger partial charge in [0.2, 0.25) is 11.8 Å². The van der Waals surface area contributed by atoms with Gasteiger partial charge >= 0.3 is 13.6 Å². The van der Waals surface area contributed by atoms with E-state index in [1.165, 1.54) is 11.8 Å². The summed E-state index contributed by atoms with van der Waals surface area (Å²) >= 11 is 0. The smallest absolute Gasteiger partial charge is 0.331 e. The molecule has 2 amide bonds. The first-order valence-corrected chi connectivity index (χ1v) is 15.4. The van der Waals surface area contributed by atoms with Crippen LogP contribution in [0.1, 0.15) is 30.9 Å². The molecular formula is C28H36N3O11P. The molecule has 0 radical (unpaired) electrons. The minimum atomic E-state index is -4.51. The molecule has 0 aromatic heterocycles. The van der Waals surface area contributed by atoms with Crippen LogP contribution in [0.25, 0.3) is 0 Å². The van der Waals surface area contributed by atoms with Crippen molar-refractivity contribution in [3.63, 3.8) is 0 Å². The van der Waals surface area contributed by atoms with Crippen LogP contribution in [-0.4, -0.2) is 110 Å². The number of carbonyl (C=O) groups is 3. The number of carboxylic acid groups (broad SMARTS) is 1. The number of carboxylic acids is 1. The Morgan fingerprint density at radius 1 is 1.02 bits per heavy atom. The van der Waals surface area contributed by atoms with Crippen molar-refractivity contribution in [2.45, 2.75) is 49.6 Å². The molecule has 2 aliphatic heterocycles. The second kappa shape index (κ2) is 13.1. The number of nitrogens with one attached hydrogen (secondary N) is 2. The second-order valence-electron chi connectivity index (χ2n) is 10.8. The van der Waals surface area contributed by atoms with Gasteiger partial charge in [0.1, 0.15) is 11.5 Å². The third-order valence-corrected chi connectivity index (χ3v) is 9.04. The van der Waals surface area contributed by atoms with Gasteiger partial charge in [-0.2, -0.15) is 0 Å². The van der Waals surface area contributed by atoms with Crippen molar-refractivity contribution in [3.05, 3.63) is 59.7 Å². The maximum Gasteiger partial charge on any atom is 0.331 e. The number of nitrogens with zero attached hydrogens (tertiary/aromatic N) is 1. The summed E-state index contributed by atoms with van der Waals surface area (Å²) in [6, 6.07) is 11.8. The largest absolute Gasteiger partial charge is 0.479 e. The molecule has 0 saturated carbocycles. The number of aliphatic hydroxyl groups is 3. The minimum Gasteiger partial charge on any atom is -0.479 e. The van der Waals surface area contributed by atoms with Crippen molar-refractivity contribution >= 4 is 25.4 Å². The molecule has 1 fully saturated rings. The maximum atomic E-state index is 13.6. The number of aliphatic hydroxyl groups excluding tert-OH is 3. The molecule has 2 heterocycles. The lowest BCUT2D eigenvalue weighted by molar-refractivity contribution is -0.148. The molecule has 6 atom stereocenters. The average Bonchev–Trinajstić information content (AvgIpc) is 3.20. The van der Waals surface area contributed by atoms with E-state index >= 15 is 0 Å². The molecule has 234 valence electrons. The van der Waals surface area contributed by atoms with Crippen molar-refractivity contribution in [2.75, 3.05) is 32.5 Å². The van der Waals surface area contributed by atoms with Crippen LogP contribution in [0.4, 0.5) is 0 Å². The molecule has 14 nitrogen and oxygen atoms in total. The number of amides is 2. The molecule has 2 unspecified atom stereocenters. The highest BCUT2D eigenvalue weighted by Gasteiger charge is 2.48. The fourth-order valence-corrected chi connectivity index (χ4v) is 6.42. The minimum absolute atomic E-state index is 0.0950. The van der Waals surface area contributed by atoms with E-state index < -0.39 is 80.5 Å². The first kappa shape index (κ1) is 32.6. The van der Waals surface area contributed by atoms with Crippen molar-refractivity contribution in [1.82, 2.24) is 15.5 Å². The van der Waals surface area contributed by atoms with Gasteiger partial charge in [-0.3, -0.25) is 19.1 Å². The van der Waals surface area contributed by atoms with Crippen molar-refractivity contribution in [1.29, 1.82) is 0 Å². The van der Waals surface area contributed by atoms with Gasteiger partial charge in [-0.15, -0.1) is 0 Å². The van der Waals surface area contributed by atoms with E-state index in [2.05, 4.69) is 10.6 Å². The quantitative estimate of drug-likeness (QED) is 0.156. The van der Waals surface area contributed by atoms with Crippen LogP contribution in [0, 0.1) is 0 Å². The number of hydrogen-bond donors (Lipinski definition) is 7. The molecule has 15 heteroatoms. The summed E-state index contributed by atoms with van der Waals surface area (Å²) in [5, 5.41) is 45.5. The molecule has 0 bridgehead atoms. The zero-order chi connectivity index (χ0) is 31.5. The van der Waals surface area contributed by atoms with E-state index in [4.69, 9.17) is 9.26 Å². The monoisotopic (exact) mass is 621 g/mol. The van der Waals surface area contributed by atoms with Gasteiger partial charge in [0.15, 0.2) is 5.54 Å². The number of rotatable bonds is 12. The Labute approximate surface area is 247 Å². The lowest BCUT2D eigenvalue weighted by Gasteiger charge is -2.32. The topological polar surface area (TPSA) is 215 Å². The second-order valence-corrected chi connectivity index (χ2v) is 12.8. The predicted molar refractivity (Wildman–Crippen MR) is 152 cm³/mol. The molecule has 2 aliphatic rings. The van der Waals surface area contributed by atoms with E-state index in [9.17, 15) is 44.3 Å². The molecule has 2 aromatic rings. The van der Waals surface area contributed by atoms with Crippen molar-refractivity contribution in [2.24, 2.45) is 0 Å². The summed E-state index contributed by atoms with van der Waals surface area (Å²) in [7, 11) is -4.51. The summed E-state index contributed by atoms with van der Waals surface area (Å²) in [6.07, 6.45) is -3.30. The zero-order valence-corrected chi connectivity index (χ0v) is 24.5. The summed E-state index contributed by atoms with van der Waals surface area (Å²) in [4.78, 5) is 49.3. The van der Waals surface area contributed by atoms with Crippen LogP contribution < -0.4 is 15.4 Å². The molecule has 0 spiro atoms. The van der Waals surface area contributed by atoms with E-state index in [1.54, 1.807) is 48.5 Å². The summed E-state index contributed by atoms with van der Waals surface area (Å²) < 4.78 is 24.1. The fraction of sp³-hybridized carbons (Fsp3) is 0.464. The Balaban J connectivity index is 1.46. The number of carbonyl (C=O) groups excluding carboxylic acids is 2. The molecular weight excluding hydrogens is 585 g/mol. The highest BCUT2D eigenvalue weighted by molar-refractivity contribution is 7.52. The molecule has 0 aliphatic carbocycles. The number of likely N-dealkylation sites (tertiary alicyclic amines) is 1. The van der Waals surface area contributed by atoms with Gasteiger partial charge in [-0.05, 0) is 19.1 Å². The molecule has 4 rings (SSSR count). The number of benzene rings is 2. The first-order chi connectivity index (χ1) is 20.3. The predicted octanol–water partition coefficient (Wildman–Crippen LogP) is -0.0113. The van der Waals surface area contributed by atoms with Crippen molar-refractivity contribution < 1.29 is 53.5 Å². The Kier molecular flexibility index (Phi) is 9.92. The van der Waals surface area contributed by atoms with E-state index in [0.717, 1.165) is 6.92 Å². The van der Waals surface area contributed by atoms with E-state index in [1.807, 2.05) is 0 Å². The van der Waals surface area contributed by atoms with Crippen LogP contribution in [0.2, 0.25) is 0 Å². The summed E-state index contributed by atoms with van der Waals surface area (Å²) in [5.41, 5.74) is -1.08. The summed E-state index contributed by atoms with van der Waals surface area (Å²) in [6.45, 7) is 0.638. The fourth-order valence-electron chi connectivity index (χ4n) is 5.35.